The van der Waals surface area contributed by atoms with Crippen molar-refractivity contribution >= 4 is 5.91 Å². The number of aliphatic hydroxyl groups excluding tert-OH is 3. The van der Waals surface area contributed by atoms with Crippen molar-refractivity contribution in [3.8, 4) is 0 Å². The minimum absolute atomic E-state index is 0.0879. The summed E-state index contributed by atoms with van der Waals surface area (Å²) in [6.07, 6.45) is 3.67. The van der Waals surface area contributed by atoms with Gasteiger partial charge in [-0.3, -0.25) is 4.79 Å². The van der Waals surface area contributed by atoms with E-state index in [2.05, 4.69) is 5.32 Å². The van der Waals surface area contributed by atoms with Crippen LogP contribution in [-0.4, -0.2) is 79.3 Å². The maximum absolute atomic E-state index is 11.8. The Bertz CT molecular complexity index is 408. The number of amides is 1. The third kappa shape index (κ3) is 9.62. The molecule has 1 amide bonds. The molecule has 0 spiro atoms. The summed E-state index contributed by atoms with van der Waals surface area (Å²) >= 11 is 0. The van der Waals surface area contributed by atoms with E-state index in [1.807, 2.05) is 0 Å². The van der Waals surface area contributed by atoms with E-state index in [4.69, 9.17) is 14.2 Å². The molecular formula is C20H39NO7. The van der Waals surface area contributed by atoms with Gasteiger partial charge in [0.25, 0.3) is 0 Å². The molecule has 2 unspecified atom stereocenters. The van der Waals surface area contributed by atoms with E-state index in [9.17, 15) is 20.1 Å². The number of methoxy groups -OCH3 is 1. The fourth-order valence-electron chi connectivity index (χ4n) is 3.22. The molecule has 1 fully saturated rings. The maximum Gasteiger partial charge on any atom is 0.219 e. The van der Waals surface area contributed by atoms with Crippen LogP contribution in [0.2, 0.25) is 0 Å². The molecule has 0 radical (unpaired) electrons. The third-order valence-corrected chi connectivity index (χ3v) is 5.12. The van der Waals surface area contributed by atoms with E-state index in [1.165, 1.54) is 0 Å². The highest BCUT2D eigenvalue weighted by molar-refractivity contribution is 5.75. The molecule has 4 N–H and O–H groups in total. The van der Waals surface area contributed by atoms with Crippen LogP contribution in [0.3, 0.4) is 0 Å². The molecule has 1 rings (SSSR count). The molecule has 0 aliphatic carbocycles. The van der Waals surface area contributed by atoms with Gasteiger partial charge in [-0.2, -0.15) is 0 Å². The zero-order chi connectivity index (χ0) is 20.8. The molecule has 1 heterocycles. The lowest BCUT2D eigenvalue weighted by atomic mass is 9.92. The maximum atomic E-state index is 11.8. The molecule has 1 aliphatic rings. The first-order chi connectivity index (χ1) is 13.5. The van der Waals surface area contributed by atoms with Crippen LogP contribution in [0.15, 0.2) is 0 Å². The van der Waals surface area contributed by atoms with Crippen LogP contribution >= 0.6 is 0 Å². The first-order valence-electron chi connectivity index (χ1n) is 10.5. The van der Waals surface area contributed by atoms with E-state index >= 15 is 0 Å². The van der Waals surface area contributed by atoms with Crippen LogP contribution < -0.4 is 5.32 Å². The Hall–Kier alpha value is -0.770. The zero-order valence-corrected chi connectivity index (χ0v) is 17.3. The Balaban J connectivity index is 2.01. The third-order valence-electron chi connectivity index (χ3n) is 5.12. The van der Waals surface area contributed by atoms with Crippen molar-refractivity contribution in [1.82, 2.24) is 5.32 Å². The van der Waals surface area contributed by atoms with Gasteiger partial charge < -0.3 is 34.8 Å². The average molecular weight is 406 g/mol. The van der Waals surface area contributed by atoms with Crippen molar-refractivity contribution in [2.24, 2.45) is 5.92 Å². The van der Waals surface area contributed by atoms with Crippen LogP contribution in [0.5, 0.6) is 0 Å². The lowest BCUT2D eigenvalue weighted by Gasteiger charge is -2.40. The fourth-order valence-corrected chi connectivity index (χ4v) is 3.22. The quantitative estimate of drug-likeness (QED) is 0.300. The van der Waals surface area contributed by atoms with Gasteiger partial charge in [0.1, 0.15) is 12.2 Å². The molecule has 0 saturated carbocycles. The predicted octanol–water partition coefficient (Wildman–Crippen LogP) is 0.962. The minimum atomic E-state index is -1.11. The number of hydrogen-bond donors (Lipinski definition) is 4. The van der Waals surface area contributed by atoms with Gasteiger partial charge >= 0.3 is 0 Å². The zero-order valence-electron chi connectivity index (χ0n) is 17.3. The Kier molecular flexibility index (Phi) is 13.6. The lowest BCUT2D eigenvalue weighted by Crippen LogP contribution is -2.55. The molecule has 8 nitrogen and oxygen atoms in total. The fraction of sp³-hybridized carbons (Fsp3) is 0.950. The number of unbranched alkanes of at least 4 members (excludes halogenated alkanes) is 5. The molecular weight excluding hydrogens is 366 g/mol. The molecule has 0 aromatic carbocycles. The van der Waals surface area contributed by atoms with Crippen LogP contribution in [0.25, 0.3) is 0 Å². The second kappa shape index (κ2) is 15.1. The molecule has 28 heavy (non-hydrogen) atoms. The van der Waals surface area contributed by atoms with Gasteiger partial charge in [-0.05, 0) is 25.7 Å². The van der Waals surface area contributed by atoms with E-state index in [1.54, 1.807) is 14.0 Å². The molecule has 0 aromatic heterocycles. The van der Waals surface area contributed by atoms with Crippen LogP contribution in [0.4, 0.5) is 0 Å². The highest BCUT2D eigenvalue weighted by Gasteiger charge is 2.42. The highest BCUT2D eigenvalue weighted by atomic mass is 16.7. The summed E-state index contributed by atoms with van der Waals surface area (Å²) in [7, 11) is 1.71. The van der Waals surface area contributed by atoms with E-state index in [0.717, 1.165) is 58.1 Å². The Labute approximate surface area is 168 Å². The van der Waals surface area contributed by atoms with Gasteiger partial charge in [0.15, 0.2) is 6.29 Å². The molecule has 1 saturated heterocycles. The van der Waals surface area contributed by atoms with Crippen molar-refractivity contribution in [3.05, 3.63) is 0 Å². The molecule has 8 heteroatoms. The monoisotopic (exact) mass is 405 g/mol. The van der Waals surface area contributed by atoms with Gasteiger partial charge in [0, 0.05) is 39.2 Å². The first kappa shape index (κ1) is 25.3. The SMILES string of the molecule is COCCCCCCNC(=O)CCCCCO[C@@H]1OC(CO)[C@H](O)[C@H](O)C1C. The number of carbonyl (C=O) groups is 1. The van der Waals surface area contributed by atoms with Gasteiger partial charge in [0.05, 0.1) is 12.7 Å². The summed E-state index contributed by atoms with van der Waals surface area (Å²) in [4.78, 5) is 11.8. The molecule has 1 aliphatic heterocycles. The van der Waals surface area contributed by atoms with Crippen LogP contribution in [-0.2, 0) is 19.0 Å². The number of nitrogens with one attached hydrogen (secondary N) is 1. The normalized spacial score (nSPS) is 27.7. The summed E-state index contributed by atoms with van der Waals surface area (Å²) < 4.78 is 16.2. The number of ether oxygens (including phenoxy) is 3. The minimum Gasteiger partial charge on any atom is -0.394 e. The first-order valence-corrected chi connectivity index (χ1v) is 10.5. The van der Waals surface area contributed by atoms with Crippen LogP contribution in [0.1, 0.15) is 58.3 Å². The van der Waals surface area contributed by atoms with Crippen molar-refractivity contribution in [2.45, 2.75) is 82.9 Å². The molecule has 0 bridgehead atoms. The number of aliphatic hydroxyl groups is 3. The highest BCUT2D eigenvalue weighted by Crippen LogP contribution is 2.26. The topological polar surface area (TPSA) is 117 Å². The predicted molar refractivity (Wildman–Crippen MR) is 105 cm³/mol. The summed E-state index contributed by atoms with van der Waals surface area (Å²) in [6, 6.07) is 0. The second-order valence-electron chi connectivity index (χ2n) is 7.50. The molecule has 166 valence electrons. The summed E-state index contributed by atoms with van der Waals surface area (Å²) in [5.74, 6) is -0.289. The van der Waals surface area contributed by atoms with E-state index in [-0.39, 0.29) is 18.4 Å². The second-order valence-corrected chi connectivity index (χ2v) is 7.50. The van der Waals surface area contributed by atoms with E-state index < -0.39 is 24.6 Å². The molecule has 5 atom stereocenters. The number of rotatable bonds is 15. The standard InChI is InChI=1S/C20H39NO7/c1-15-18(24)19(25)16(14-22)28-20(15)27-13-9-5-6-10-17(23)21-11-7-3-4-8-12-26-2/h15-16,18-20,22,24-25H,3-14H2,1-2H3,(H,21,23)/t15?,16?,18-,19+,20-/m1/s1. The largest absolute Gasteiger partial charge is 0.394 e. The number of carbonyl (C=O) groups excluding carboxylic acids is 1. The van der Waals surface area contributed by atoms with Gasteiger partial charge in [-0.25, -0.2) is 0 Å². The Morgan fingerprint density at radius 1 is 1.00 bits per heavy atom. The van der Waals surface area contributed by atoms with Crippen molar-refractivity contribution in [1.29, 1.82) is 0 Å². The molecule has 0 aromatic rings. The Morgan fingerprint density at radius 3 is 2.39 bits per heavy atom. The van der Waals surface area contributed by atoms with Gasteiger partial charge in [-0.1, -0.05) is 26.2 Å². The summed E-state index contributed by atoms with van der Waals surface area (Å²) in [6.45, 7) is 3.35. The van der Waals surface area contributed by atoms with E-state index in [0.29, 0.717) is 13.0 Å². The van der Waals surface area contributed by atoms with Crippen molar-refractivity contribution < 1.29 is 34.3 Å². The lowest BCUT2D eigenvalue weighted by molar-refractivity contribution is -0.282. The smallest absolute Gasteiger partial charge is 0.219 e. The summed E-state index contributed by atoms with van der Waals surface area (Å²) in [5.41, 5.74) is 0. The van der Waals surface area contributed by atoms with Crippen molar-refractivity contribution in [3.63, 3.8) is 0 Å². The Morgan fingerprint density at radius 2 is 1.68 bits per heavy atom. The number of hydrogen-bond acceptors (Lipinski definition) is 7. The van der Waals surface area contributed by atoms with Crippen LogP contribution in [0, 0.1) is 5.92 Å². The van der Waals surface area contributed by atoms with Gasteiger partial charge in [-0.15, -0.1) is 0 Å². The average Bonchev–Trinajstić information content (AvgIpc) is 2.69. The van der Waals surface area contributed by atoms with Crippen molar-refractivity contribution in [2.75, 3.05) is 33.5 Å². The van der Waals surface area contributed by atoms with Gasteiger partial charge in [0.2, 0.25) is 5.91 Å². The summed E-state index contributed by atoms with van der Waals surface area (Å²) in [5, 5.41) is 32.0.